The van der Waals surface area contributed by atoms with Gasteiger partial charge in [0.1, 0.15) is 12.2 Å². The first-order valence-corrected chi connectivity index (χ1v) is 11.8. The lowest BCUT2D eigenvalue weighted by molar-refractivity contribution is -0.141. The second-order valence-electron chi connectivity index (χ2n) is 8.28. The van der Waals surface area contributed by atoms with E-state index in [2.05, 4.69) is 25.9 Å². The predicted octanol–water partition coefficient (Wildman–Crippen LogP) is 4.37. The number of anilines is 1. The van der Waals surface area contributed by atoms with Crippen LogP contribution in [0.3, 0.4) is 0 Å². The minimum atomic E-state index is -4.67. The summed E-state index contributed by atoms with van der Waals surface area (Å²) in [6.07, 6.45) is -4.07. The minimum absolute atomic E-state index is 0.0214. The van der Waals surface area contributed by atoms with Crippen LogP contribution in [0.25, 0.3) is 5.69 Å². The number of nitrogens with one attached hydrogen (secondary N) is 2. The maximum absolute atomic E-state index is 13.6. The highest BCUT2D eigenvalue weighted by Gasteiger charge is 2.34. The number of nitriles is 1. The fourth-order valence-corrected chi connectivity index (χ4v) is 3.97. The highest BCUT2D eigenvalue weighted by atomic mass is 35.5. The summed E-state index contributed by atoms with van der Waals surface area (Å²) in [5.74, 6) is -1.17. The zero-order valence-corrected chi connectivity index (χ0v) is 21.3. The van der Waals surface area contributed by atoms with Crippen LogP contribution in [0.2, 0.25) is 5.02 Å². The molecule has 2 N–H and O–H groups in total. The van der Waals surface area contributed by atoms with Gasteiger partial charge in [-0.25, -0.2) is 4.68 Å². The molecule has 200 valence electrons. The van der Waals surface area contributed by atoms with Crippen molar-refractivity contribution in [3.63, 3.8) is 0 Å². The quantitative estimate of drug-likeness (QED) is 0.348. The molecule has 10 nitrogen and oxygen atoms in total. The molecule has 0 unspecified atom stereocenters. The molecule has 0 radical (unpaired) electrons. The minimum Gasteiger partial charge on any atom is -0.352 e. The molecule has 2 amide bonds. The third kappa shape index (κ3) is 5.91. The van der Waals surface area contributed by atoms with E-state index in [0.29, 0.717) is 24.0 Å². The Labute approximate surface area is 225 Å². The van der Waals surface area contributed by atoms with Crippen molar-refractivity contribution in [3.05, 3.63) is 87.5 Å². The Bertz CT molecular complexity index is 1600. The zero-order valence-electron chi connectivity index (χ0n) is 20.5. The van der Waals surface area contributed by atoms with Crippen molar-refractivity contribution in [1.82, 2.24) is 30.1 Å². The van der Waals surface area contributed by atoms with E-state index in [9.17, 15) is 28.0 Å². The lowest BCUT2D eigenvalue weighted by atomic mass is 10.0. The zero-order chi connectivity index (χ0) is 28.3. The highest BCUT2D eigenvalue weighted by Crippen LogP contribution is 2.28. The standard InChI is InChI=1S/C25H20ClF3N8O2/c1-3-31-23(38)17-9-15(11-30)8-14(2)22(17)33-24(39)20-10-16(13-36-32-12-21(35-36)25(27,28)29)34-37(20)19-7-5-4-6-18(19)26/h4-10,12H,3,13H2,1-2H3,(H,31,38)(H,33,39). The van der Waals surface area contributed by atoms with Gasteiger partial charge in [0.15, 0.2) is 5.69 Å². The summed E-state index contributed by atoms with van der Waals surface area (Å²) < 4.78 is 40.1. The van der Waals surface area contributed by atoms with Crippen LogP contribution in [0.4, 0.5) is 18.9 Å². The van der Waals surface area contributed by atoms with Crippen molar-refractivity contribution in [2.75, 3.05) is 11.9 Å². The summed E-state index contributed by atoms with van der Waals surface area (Å²) in [5, 5.41) is 26.4. The third-order valence-corrected chi connectivity index (χ3v) is 5.81. The molecule has 0 aliphatic carbocycles. The van der Waals surface area contributed by atoms with Gasteiger partial charge in [0.2, 0.25) is 0 Å². The summed E-state index contributed by atoms with van der Waals surface area (Å²) in [6.45, 7) is 3.42. The van der Waals surface area contributed by atoms with Gasteiger partial charge in [0.05, 0.1) is 45.5 Å². The van der Waals surface area contributed by atoms with E-state index in [4.69, 9.17) is 11.6 Å². The van der Waals surface area contributed by atoms with Gasteiger partial charge < -0.3 is 10.6 Å². The molecular weight excluding hydrogens is 537 g/mol. The Kier molecular flexibility index (Phi) is 7.68. The number of rotatable bonds is 7. The molecule has 2 aromatic carbocycles. The molecule has 14 heteroatoms. The first kappa shape index (κ1) is 27.3. The van der Waals surface area contributed by atoms with Gasteiger partial charge in [0.25, 0.3) is 11.8 Å². The first-order valence-electron chi connectivity index (χ1n) is 11.5. The van der Waals surface area contributed by atoms with E-state index >= 15 is 0 Å². The second kappa shape index (κ2) is 11.0. The van der Waals surface area contributed by atoms with E-state index in [1.54, 1.807) is 38.1 Å². The van der Waals surface area contributed by atoms with Gasteiger partial charge in [0, 0.05) is 6.54 Å². The smallest absolute Gasteiger partial charge is 0.352 e. The van der Waals surface area contributed by atoms with E-state index in [1.807, 2.05) is 6.07 Å². The van der Waals surface area contributed by atoms with Crippen molar-refractivity contribution < 1.29 is 22.8 Å². The normalized spacial score (nSPS) is 11.2. The van der Waals surface area contributed by atoms with Gasteiger partial charge in [-0.15, -0.1) is 5.10 Å². The summed E-state index contributed by atoms with van der Waals surface area (Å²) in [6, 6.07) is 12.8. The van der Waals surface area contributed by atoms with E-state index in [0.717, 1.165) is 4.80 Å². The lowest BCUT2D eigenvalue weighted by Crippen LogP contribution is -2.26. The number of hydrogen-bond donors (Lipinski definition) is 2. The van der Waals surface area contributed by atoms with Crippen molar-refractivity contribution in [2.24, 2.45) is 0 Å². The van der Waals surface area contributed by atoms with Crippen molar-refractivity contribution >= 4 is 29.1 Å². The number of carbonyl (C=O) groups excluding carboxylic acids is 2. The Balaban J connectivity index is 1.76. The van der Waals surface area contributed by atoms with E-state index < -0.39 is 23.7 Å². The van der Waals surface area contributed by atoms with Gasteiger partial charge in [-0.1, -0.05) is 23.7 Å². The van der Waals surface area contributed by atoms with Crippen LogP contribution in [-0.4, -0.2) is 43.1 Å². The first-order chi connectivity index (χ1) is 18.5. The van der Waals surface area contributed by atoms with Crippen molar-refractivity contribution in [2.45, 2.75) is 26.6 Å². The fraction of sp³-hybridized carbons (Fsp3) is 0.200. The van der Waals surface area contributed by atoms with Gasteiger partial charge >= 0.3 is 6.18 Å². The number of amides is 2. The Hall–Kier alpha value is -4.70. The summed E-state index contributed by atoms with van der Waals surface area (Å²) in [7, 11) is 0. The molecule has 0 atom stereocenters. The molecule has 2 heterocycles. The van der Waals surface area contributed by atoms with Crippen LogP contribution >= 0.6 is 11.6 Å². The van der Waals surface area contributed by atoms with Crippen molar-refractivity contribution in [3.8, 4) is 11.8 Å². The number of aromatic nitrogens is 5. The maximum atomic E-state index is 13.6. The van der Waals surface area contributed by atoms with Crippen LogP contribution in [0.15, 0.2) is 48.7 Å². The summed E-state index contributed by atoms with van der Waals surface area (Å²) in [4.78, 5) is 27.1. The van der Waals surface area contributed by atoms with Crippen LogP contribution in [0.5, 0.6) is 0 Å². The number of para-hydroxylation sites is 1. The largest absolute Gasteiger partial charge is 0.436 e. The molecule has 0 fully saturated rings. The van der Waals surface area contributed by atoms with Gasteiger partial charge in [-0.3, -0.25) is 9.59 Å². The number of aryl methyl sites for hydroxylation is 1. The molecule has 4 rings (SSSR count). The maximum Gasteiger partial charge on any atom is 0.436 e. The van der Waals surface area contributed by atoms with Crippen LogP contribution in [0, 0.1) is 18.3 Å². The number of alkyl halides is 3. The van der Waals surface area contributed by atoms with Crippen LogP contribution in [0.1, 0.15) is 50.3 Å². The lowest BCUT2D eigenvalue weighted by Gasteiger charge is -2.15. The SMILES string of the molecule is CCNC(=O)c1cc(C#N)cc(C)c1NC(=O)c1cc(Cn2ncc(C(F)(F)F)n2)nn1-c1ccccc1Cl. The fourth-order valence-electron chi connectivity index (χ4n) is 3.75. The molecule has 0 aliphatic rings. The average molecular weight is 557 g/mol. The second-order valence-corrected chi connectivity index (χ2v) is 8.69. The number of carbonyl (C=O) groups is 2. The molecule has 0 saturated heterocycles. The topological polar surface area (TPSA) is 131 Å². The molecular formula is C25H20ClF3N8O2. The molecule has 0 saturated carbocycles. The third-order valence-electron chi connectivity index (χ3n) is 5.49. The number of nitrogens with zero attached hydrogens (tertiary/aromatic N) is 6. The molecule has 0 bridgehead atoms. The Morgan fingerprint density at radius 1 is 1.13 bits per heavy atom. The average Bonchev–Trinajstić information content (AvgIpc) is 3.53. The molecule has 39 heavy (non-hydrogen) atoms. The molecule has 4 aromatic rings. The molecule has 0 spiro atoms. The number of benzene rings is 2. The number of halogens is 4. The Morgan fingerprint density at radius 2 is 1.87 bits per heavy atom. The van der Waals surface area contributed by atoms with Crippen LogP contribution in [-0.2, 0) is 12.7 Å². The van der Waals surface area contributed by atoms with E-state index in [-0.39, 0.29) is 39.8 Å². The van der Waals surface area contributed by atoms with Crippen molar-refractivity contribution in [1.29, 1.82) is 5.26 Å². The Morgan fingerprint density at radius 3 is 2.51 bits per heavy atom. The molecule has 2 aromatic heterocycles. The van der Waals surface area contributed by atoms with Gasteiger partial charge in [-0.05, 0) is 49.7 Å². The summed E-state index contributed by atoms with van der Waals surface area (Å²) >= 11 is 6.35. The predicted molar refractivity (Wildman–Crippen MR) is 135 cm³/mol. The summed E-state index contributed by atoms with van der Waals surface area (Å²) in [5.41, 5.74) is 0.291. The van der Waals surface area contributed by atoms with E-state index in [1.165, 1.54) is 22.9 Å². The van der Waals surface area contributed by atoms with Gasteiger partial charge in [-0.2, -0.15) is 33.4 Å². The highest BCUT2D eigenvalue weighted by molar-refractivity contribution is 6.32. The van der Waals surface area contributed by atoms with Crippen LogP contribution < -0.4 is 10.6 Å². The number of hydrogen-bond acceptors (Lipinski definition) is 6. The molecule has 0 aliphatic heterocycles. The monoisotopic (exact) mass is 556 g/mol.